The topological polar surface area (TPSA) is 74.6 Å². The Morgan fingerprint density at radius 3 is 2.70 bits per heavy atom. The first-order valence-electron chi connectivity index (χ1n) is 8.67. The van der Waals surface area contributed by atoms with Gasteiger partial charge < -0.3 is 19.9 Å². The number of piperazine rings is 1. The zero-order valence-corrected chi connectivity index (χ0v) is 16.2. The minimum Gasteiger partial charge on any atom is -0.477 e. The van der Waals surface area contributed by atoms with E-state index in [-0.39, 0.29) is 46.2 Å². The van der Waals surface area contributed by atoms with Crippen LogP contribution in [0.5, 0.6) is 0 Å². The quantitative estimate of drug-likeness (QED) is 0.805. The van der Waals surface area contributed by atoms with Crippen LogP contribution < -0.4 is 15.6 Å². The fraction of sp³-hybridized carbons (Fsp3) is 0.444. The second-order valence-corrected chi connectivity index (χ2v) is 7.41. The number of benzene rings is 1. The van der Waals surface area contributed by atoms with Crippen LogP contribution in [-0.2, 0) is 0 Å². The van der Waals surface area contributed by atoms with E-state index >= 15 is 0 Å². The molecule has 1 saturated carbocycles. The lowest BCUT2D eigenvalue weighted by Crippen LogP contribution is -2.49. The van der Waals surface area contributed by atoms with Crippen molar-refractivity contribution in [3.63, 3.8) is 0 Å². The molecule has 6 nitrogen and oxygen atoms in total. The molecule has 2 heterocycles. The van der Waals surface area contributed by atoms with Crippen molar-refractivity contribution < 1.29 is 14.3 Å². The van der Waals surface area contributed by atoms with Gasteiger partial charge in [-0.2, -0.15) is 0 Å². The van der Waals surface area contributed by atoms with Crippen LogP contribution in [0.25, 0.3) is 10.9 Å². The highest BCUT2D eigenvalue weighted by Gasteiger charge is 2.31. The zero-order chi connectivity index (χ0) is 18.6. The summed E-state index contributed by atoms with van der Waals surface area (Å²) in [6, 6.07) is 1.42. The largest absolute Gasteiger partial charge is 0.477 e. The molecule has 1 aliphatic heterocycles. The third kappa shape index (κ3) is 3.39. The molecule has 146 valence electrons. The third-order valence-electron chi connectivity index (χ3n) is 5.04. The van der Waals surface area contributed by atoms with Gasteiger partial charge in [0.15, 0.2) is 0 Å². The molecule has 1 aliphatic carbocycles. The normalized spacial score (nSPS) is 19.8. The summed E-state index contributed by atoms with van der Waals surface area (Å²) in [6.45, 7) is 3.93. The average Bonchev–Trinajstić information content (AvgIpc) is 3.40. The molecule has 9 heteroatoms. The van der Waals surface area contributed by atoms with Gasteiger partial charge in [-0.15, -0.1) is 12.4 Å². The molecule has 2 aromatic rings. The second kappa shape index (κ2) is 7.30. The molecule has 2 fully saturated rings. The minimum absolute atomic E-state index is 0. The summed E-state index contributed by atoms with van der Waals surface area (Å²) >= 11 is 6.60. The molecule has 1 unspecified atom stereocenters. The van der Waals surface area contributed by atoms with Crippen molar-refractivity contribution in [2.24, 2.45) is 0 Å². The summed E-state index contributed by atoms with van der Waals surface area (Å²) in [4.78, 5) is 25.9. The van der Waals surface area contributed by atoms with E-state index in [4.69, 9.17) is 11.6 Å². The molecule has 4 rings (SSSR count). The molecule has 1 aromatic carbocycles. The fourth-order valence-electron chi connectivity index (χ4n) is 3.65. The summed E-state index contributed by atoms with van der Waals surface area (Å²) in [7, 11) is 0. The molecule has 0 radical (unpaired) electrons. The van der Waals surface area contributed by atoms with Crippen LogP contribution in [0.3, 0.4) is 0 Å². The van der Waals surface area contributed by atoms with Gasteiger partial charge in [0, 0.05) is 37.9 Å². The maximum atomic E-state index is 14.9. The van der Waals surface area contributed by atoms with Crippen molar-refractivity contribution in [2.45, 2.75) is 31.8 Å². The van der Waals surface area contributed by atoms with Gasteiger partial charge in [-0.3, -0.25) is 4.79 Å². The first-order chi connectivity index (χ1) is 12.4. The molecule has 0 bridgehead atoms. The monoisotopic (exact) mass is 415 g/mol. The number of carboxylic acid groups (broad SMARTS) is 1. The lowest BCUT2D eigenvalue weighted by Gasteiger charge is -2.34. The maximum Gasteiger partial charge on any atom is 0.341 e. The predicted molar refractivity (Wildman–Crippen MR) is 105 cm³/mol. The number of fused-ring (bicyclic) bond motifs is 1. The Morgan fingerprint density at radius 1 is 1.41 bits per heavy atom. The van der Waals surface area contributed by atoms with E-state index in [0.717, 1.165) is 18.9 Å². The Kier molecular flexibility index (Phi) is 5.38. The number of rotatable bonds is 3. The second-order valence-electron chi connectivity index (χ2n) is 7.03. The highest BCUT2D eigenvalue weighted by atomic mass is 35.5. The lowest BCUT2D eigenvalue weighted by molar-refractivity contribution is 0.0695. The standard InChI is InChI=1S/C18H19ClFN3O3.ClH/c1-9-7-22(5-4-21-9)16-13(20)6-11-15(14(16)19)23(10-2-3-10)8-12(17(11)24)18(25)26;/h6,8-10,21H,2-5,7H2,1H3,(H,25,26);1H. The van der Waals surface area contributed by atoms with E-state index in [1.807, 2.05) is 11.8 Å². The van der Waals surface area contributed by atoms with Crippen LogP contribution in [-0.4, -0.2) is 41.3 Å². The molecule has 2 aliphatic rings. The van der Waals surface area contributed by atoms with Gasteiger partial charge in [0.2, 0.25) is 5.43 Å². The van der Waals surface area contributed by atoms with Gasteiger partial charge in [0.05, 0.1) is 21.6 Å². The molecule has 2 N–H and O–H groups in total. The van der Waals surface area contributed by atoms with E-state index in [0.29, 0.717) is 25.2 Å². The first-order valence-corrected chi connectivity index (χ1v) is 9.04. The Balaban J connectivity index is 0.00000210. The van der Waals surface area contributed by atoms with Crippen LogP contribution in [0.4, 0.5) is 10.1 Å². The summed E-state index contributed by atoms with van der Waals surface area (Å²) < 4.78 is 16.6. The summed E-state index contributed by atoms with van der Waals surface area (Å²) in [5.74, 6) is -1.92. The van der Waals surface area contributed by atoms with Crippen molar-refractivity contribution in [2.75, 3.05) is 24.5 Å². The number of aromatic nitrogens is 1. The third-order valence-corrected chi connectivity index (χ3v) is 5.40. The summed E-state index contributed by atoms with van der Waals surface area (Å²) in [5, 5.41) is 12.8. The Morgan fingerprint density at radius 2 is 2.11 bits per heavy atom. The molecule has 1 atom stereocenters. The molecule has 1 saturated heterocycles. The van der Waals surface area contributed by atoms with Crippen LogP contribution in [0.15, 0.2) is 17.1 Å². The average molecular weight is 416 g/mol. The van der Waals surface area contributed by atoms with Crippen LogP contribution in [0.1, 0.15) is 36.2 Å². The SMILES string of the molecule is CC1CN(c2c(F)cc3c(=O)c(C(=O)O)cn(C4CC4)c3c2Cl)CCN1.Cl. The van der Waals surface area contributed by atoms with Gasteiger partial charge in [0.1, 0.15) is 11.4 Å². The number of hydrogen-bond acceptors (Lipinski definition) is 4. The van der Waals surface area contributed by atoms with Crippen molar-refractivity contribution in [3.05, 3.63) is 38.9 Å². The van der Waals surface area contributed by atoms with E-state index in [1.54, 1.807) is 4.57 Å². The lowest BCUT2D eigenvalue weighted by atomic mass is 10.1. The van der Waals surface area contributed by atoms with Gasteiger partial charge >= 0.3 is 5.97 Å². The number of nitrogens with one attached hydrogen (secondary N) is 1. The predicted octanol–water partition coefficient (Wildman–Crippen LogP) is 3.05. The van der Waals surface area contributed by atoms with Gasteiger partial charge in [-0.25, -0.2) is 9.18 Å². The van der Waals surface area contributed by atoms with Gasteiger partial charge in [-0.05, 0) is 25.8 Å². The highest BCUT2D eigenvalue weighted by molar-refractivity contribution is 6.38. The van der Waals surface area contributed by atoms with Crippen LogP contribution in [0, 0.1) is 5.82 Å². The summed E-state index contributed by atoms with van der Waals surface area (Å²) in [5.41, 5.74) is -0.356. The van der Waals surface area contributed by atoms with Crippen molar-refractivity contribution in [1.82, 2.24) is 9.88 Å². The molecule has 0 spiro atoms. The van der Waals surface area contributed by atoms with Gasteiger partial charge in [-0.1, -0.05) is 11.6 Å². The molecule has 1 aromatic heterocycles. The molecule has 27 heavy (non-hydrogen) atoms. The number of nitrogens with zero attached hydrogens (tertiary/aromatic N) is 2. The summed E-state index contributed by atoms with van der Waals surface area (Å²) in [6.07, 6.45) is 3.11. The Labute approximate surface area is 166 Å². The Bertz CT molecular complexity index is 975. The van der Waals surface area contributed by atoms with E-state index in [9.17, 15) is 19.1 Å². The highest BCUT2D eigenvalue weighted by Crippen LogP contribution is 2.42. The number of anilines is 1. The molecular formula is C18H20Cl2FN3O3. The van der Waals surface area contributed by atoms with Crippen molar-refractivity contribution in [3.8, 4) is 0 Å². The Hall–Kier alpha value is -1.83. The minimum atomic E-state index is -1.32. The smallest absolute Gasteiger partial charge is 0.341 e. The number of pyridine rings is 1. The fourth-order valence-corrected chi connectivity index (χ4v) is 4.06. The van der Waals surface area contributed by atoms with Crippen LogP contribution in [0.2, 0.25) is 5.02 Å². The number of carbonyl (C=O) groups is 1. The number of hydrogen-bond donors (Lipinski definition) is 2. The van der Waals surface area contributed by atoms with Crippen LogP contribution >= 0.6 is 24.0 Å². The zero-order valence-electron chi connectivity index (χ0n) is 14.7. The van der Waals surface area contributed by atoms with E-state index in [1.165, 1.54) is 6.20 Å². The van der Waals surface area contributed by atoms with Gasteiger partial charge in [0.25, 0.3) is 0 Å². The number of carboxylic acids is 1. The molecular weight excluding hydrogens is 396 g/mol. The van der Waals surface area contributed by atoms with Crippen molar-refractivity contribution in [1.29, 1.82) is 0 Å². The van der Waals surface area contributed by atoms with E-state index in [2.05, 4.69) is 5.32 Å². The number of halogens is 3. The molecule has 0 amide bonds. The first kappa shape index (κ1) is 19.9. The van der Waals surface area contributed by atoms with E-state index < -0.39 is 17.2 Å². The number of aromatic carboxylic acids is 1. The maximum absolute atomic E-state index is 14.9. The van der Waals surface area contributed by atoms with Crippen molar-refractivity contribution >= 4 is 46.6 Å².